The summed E-state index contributed by atoms with van der Waals surface area (Å²) < 4.78 is 0. The number of benzene rings is 1. The molecule has 2 nitrogen and oxygen atoms in total. The maximum Gasteiger partial charge on any atom is 0.0992 e. The summed E-state index contributed by atoms with van der Waals surface area (Å²) in [5.74, 6) is 1.02. The molecule has 0 heterocycles. The minimum Gasteiger partial charge on any atom is -0.192 e. The van der Waals surface area contributed by atoms with Gasteiger partial charge in [-0.1, -0.05) is 19.9 Å². The molecule has 0 amide bonds. The number of allylic oxidation sites excluding steroid dienone is 1. The van der Waals surface area contributed by atoms with Gasteiger partial charge in [-0.25, -0.2) is 0 Å². The van der Waals surface area contributed by atoms with E-state index < -0.39 is 0 Å². The van der Waals surface area contributed by atoms with E-state index in [1.54, 1.807) is 23.9 Å². The fourth-order valence-electron chi connectivity index (χ4n) is 1.35. The Labute approximate surface area is 107 Å². The zero-order valence-corrected chi connectivity index (χ0v) is 10.7. The van der Waals surface area contributed by atoms with Gasteiger partial charge in [0.15, 0.2) is 0 Å². The number of unbranched alkanes of at least 4 members (excludes halogenated alkanes) is 1. The minimum absolute atomic E-state index is 0.418. The molecular formula is C14H14N2S. The number of hydrogen-bond acceptors (Lipinski definition) is 3. The summed E-state index contributed by atoms with van der Waals surface area (Å²) in [6, 6.07) is 9.54. The molecule has 0 fully saturated rings. The second kappa shape index (κ2) is 6.78. The maximum atomic E-state index is 8.91. The molecule has 1 aromatic carbocycles. The van der Waals surface area contributed by atoms with E-state index in [4.69, 9.17) is 10.5 Å². The summed E-state index contributed by atoms with van der Waals surface area (Å²) in [5.41, 5.74) is 1.77. The molecule has 0 spiro atoms. The second-order valence-electron chi connectivity index (χ2n) is 3.62. The lowest BCUT2D eigenvalue weighted by Crippen LogP contribution is -1.89. The molecule has 1 rings (SSSR count). The van der Waals surface area contributed by atoms with Crippen molar-refractivity contribution >= 4 is 17.3 Å². The summed E-state index contributed by atoms with van der Waals surface area (Å²) in [6.07, 6.45) is 2.29. The van der Waals surface area contributed by atoms with Crippen LogP contribution in [-0.2, 0) is 0 Å². The average Bonchev–Trinajstić information content (AvgIpc) is 2.38. The van der Waals surface area contributed by atoms with Crippen molar-refractivity contribution in [2.45, 2.75) is 24.7 Å². The van der Waals surface area contributed by atoms with Gasteiger partial charge >= 0.3 is 0 Å². The van der Waals surface area contributed by atoms with Gasteiger partial charge in [0.25, 0.3) is 0 Å². The Morgan fingerprint density at radius 1 is 1.41 bits per heavy atom. The summed E-state index contributed by atoms with van der Waals surface area (Å²) in [4.78, 5) is 1.03. The van der Waals surface area contributed by atoms with E-state index in [0.29, 0.717) is 11.1 Å². The first-order valence-electron chi connectivity index (χ1n) is 5.49. The van der Waals surface area contributed by atoms with E-state index in [9.17, 15) is 0 Å². The van der Waals surface area contributed by atoms with E-state index >= 15 is 0 Å². The number of rotatable bonds is 5. The van der Waals surface area contributed by atoms with Gasteiger partial charge in [-0.3, -0.25) is 0 Å². The van der Waals surface area contributed by atoms with Gasteiger partial charge in [-0.05, 0) is 30.4 Å². The lowest BCUT2D eigenvalue weighted by atomic mass is 10.1. The van der Waals surface area contributed by atoms with Crippen molar-refractivity contribution in [3.8, 4) is 12.1 Å². The average molecular weight is 242 g/mol. The minimum atomic E-state index is 0.418. The van der Waals surface area contributed by atoms with Crippen molar-refractivity contribution in [2.75, 3.05) is 5.75 Å². The molecule has 0 aliphatic heterocycles. The molecule has 0 N–H and O–H groups in total. The Morgan fingerprint density at radius 3 is 2.76 bits per heavy atom. The van der Waals surface area contributed by atoms with E-state index in [1.165, 1.54) is 0 Å². The van der Waals surface area contributed by atoms with Crippen LogP contribution in [0.2, 0.25) is 0 Å². The highest BCUT2D eigenvalue weighted by Gasteiger charge is 2.07. The van der Waals surface area contributed by atoms with Crippen LogP contribution in [0.5, 0.6) is 0 Å². The molecule has 0 aromatic heterocycles. The van der Waals surface area contributed by atoms with Crippen LogP contribution >= 0.6 is 11.8 Å². The van der Waals surface area contributed by atoms with Crippen molar-refractivity contribution in [3.05, 3.63) is 35.9 Å². The number of hydrogen-bond donors (Lipinski definition) is 0. The number of nitriles is 2. The van der Waals surface area contributed by atoms with Crippen LogP contribution in [0.4, 0.5) is 0 Å². The molecular weight excluding hydrogens is 228 g/mol. The highest BCUT2D eigenvalue weighted by molar-refractivity contribution is 7.99. The molecule has 0 bridgehead atoms. The predicted molar refractivity (Wildman–Crippen MR) is 71.4 cm³/mol. The summed E-state index contributed by atoms with van der Waals surface area (Å²) in [5, 5.41) is 17.8. The Hall–Kier alpha value is -1.71. The third kappa shape index (κ3) is 3.66. The van der Waals surface area contributed by atoms with E-state index in [-0.39, 0.29) is 0 Å². The fourth-order valence-corrected chi connectivity index (χ4v) is 2.50. The van der Waals surface area contributed by atoms with Gasteiger partial charge in [0, 0.05) is 10.5 Å². The normalized spacial score (nSPS) is 9.35. The van der Waals surface area contributed by atoms with Gasteiger partial charge < -0.3 is 0 Å². The lowest BCUT2D eigenvalue weighted by molar-refractivity contribution is 0.896. The van der Waals surface area contributed by atoms with Crippen molar-refractivity contribution in [1.29, 1.82) is 10.5 Å². The highest BCUT2D eigenvalue weighted by Crippen LogP contribution is 2.29. The van der Waals surface area contributed by atoms with Gasteiger partial charge in [0.1, 0.15) is 0 Å². The van der Waals surface area contributed by atoms with E-state index in [1.807, 2.05) is 12.1 Å². The SMILES string of the molecule is C=C(C#N)c1cc(C#N)ccc1SCCCC. The molecule has 0 saturated carbocycles. The third-order valence-electron chi connectivity index (χ3n) is 2.32. The first-order chi connectivity index (χ1) is 8.22. The van der Waals surface area contributed by atoms with Crippen molar-refractivity contribution in [3.63, 3.8) is 0 Å². The largest absolute Gasteiger partial charge is 0.192 e. The molecule has 86 valence electrons. The Bertz CT molecular complexity index is 492. The van der Waals surface area contributed by atoms with E-state index in [0.717, 1.165) is 29.1 Å². The molecule has 0 radical (unpaired) electrons. The van der Waals surface area contributed by atoms with Crippen LogP contribution in [0.25, 0.3) is 5.57 Å². The smallest absolute Gasteiger partial charge is 0.0992 e. The fraction of sp³-hybridized carbons (Fsp3) is 0.286. The van der Waals surface area contributed by atoms with Gasteiger partial charge in [-0.2, -0.15) is 10.5 Å². The summed E-state index contributed by atoms with van der Waals surface area (Å²) in [6.45, 7) is 5.87. The van der Waals surface area contributed by atoms with Crippen LogP contribution in [-0.4, -0.2) is 5.75 Å². The molecule has 0 saturated heterocycles. The molecule has 1 aromatic rings. The highest BCUT2D eigenvalue weighted by atomic mass is 32.2. The summed E-state index contributed by atoms with van der Waals surface area (Å²) in [7, 11) is 0. The van der Waals surface area contributed by atoms with Gasteiger partial charge in [-0.15, -0.1) is 11.8 Å². The van der Waals surface area contributed by atoms with Gasteiger partial charge in [0.2, 0.25) is 0 Å². The van der Waals surface area contributed by atoms with Crippen molar-refractivity contribution in [2.24, 2.45) is 0 Å². The topological polar surface area (TPSA) is 47.6 Å². The molecule has 3 heteroatoms. The van der Waals surface area contributed by atoms with Crippen LogP contribution in [0.15, 0.2) is 29.7 Å². The molecule has 0 unspecified atom stereocenters. The second-order valence-corrected chi connectivity index (χ2v) is 4.75. The molecule has 0 aliphatic carbocycles. The van der Waals surface area contributed by atoms with E-state index in [2.05, 4.69) is 19.6 Å². The Morgan fingerprint density at radius 2 is 2.18 bits per heavy atom. The van der Waals surface area contributed by atoms with Crippen LogP contribution < -0.4 is 0 Å². The Balaban J connectivity index is 3.00. The van der Waals surface area contributed by atoms with Gasteiger partial charge in [0.05, 0.1) is 23.3 Å². The summed E-state index contributed by atoms with van der Waals surface area (Å²) >= 11 is 1.71. The predicted octanol–water partition coefficient (Wildman–Crippen LogP) is 3.99. The molecule has 0 atom stereocenters. The van der Waals surface area contributed by atoms with Crippen molar-refractivity contribution < 1.29 is 0 Å². The van der Waals surface area contributed by atoms with Crippen LogP contribution in [0.3, 0.4) is 0 Å². The maximum absolute atomic E-state index is 8.91. The quantitative estimate of drug-likeness (QED) is 0.445. The first kappa shape index (κ1) is 13.4. The molecule has 17 heavy (non-hydrogen) atoms. The molecule has 0 aliphatic rings. The third-order valence-corrected chi connectivity index (χ3v) is 3.48. The van der Waals surface area contributed by atoms with Crippen molar-refractivity contribution in [1.82, 2.24) is 0 Å². The standard InChI is InChI=1S/C14H14N2S/c1-3-4-7-17-14-6-5-12(10-16)8-13(14)11(2)9-15/h5-6,8H,2-4,7H2,1H3. The van der Waals surface area contributed by atoms with Crippen LogP contribution in [0.1, 0.15) is 30.9 Å². The monoisotopic (exact) mass is 242 g/mol. The lowest BCUT2D eigenvalue weighted by Gasteiger charge is -2.07. The zero-order chi connectivity index (χ0) is 12.7. The zero-order valence-electron chi connectivity index (χ0n) is 9.86. The number of nitrogens with zero attached hydrogens (tertiary/aromatic N) is 2. The first-order valence-corrected chi connectivity index (χ1v) is 6.47. The number of thioether (sulfide) groups is 1. The Kier molecular flexibility index (Phi) is 5.33. The van der Waals surface area contributed by atoms with Crippen LogP contribution in [0, 0.1) is 22.7 Å².